The average Bonchev–Trinajstić information content (AvgIpc) is 2.96. The summed E-state index contributed by atoms with van der Waals surface area (Å²) in [6.07, 6.45) is 9.03. The van der Waals surface area contributed by atoms with Crippen molar-refractivity contribution in [3.63, 3.8) is 0 Å². The Hall–Kier alpha value is -1.82. The summed E-state index contributed by atoms with van der Waals surface area (Å²) in [5.74, 6) is 2.37. The Kier molecular flexibility index (Phi) is 3.41. The summed E-state index contributed by atoms with van der Waals surface area (Å²) in [6.45, 7) is 4.61. The van der Waals surface area contributed by atoms with Crippen molar-refractivity contribution in [1.82, 2.24) is 0 Å². The maximum Gasteiger partial charge on any atom is -0.00898 e. The molecule has 0 saturated heterocycles. The first-order chi connectivity index (χ1) is 10.8. The molecule has 2 aromatic carbocycles. The van der Waals surface area contributed by atoms with Crippen molar-refractivity contribution < 1.29 is 0 Å². The van der Waals surface area contributed by atoms with Gasteiger partial charge in [0.1, 0.15) is 0 Å². The Bertz CT molecular complexity index is 757. The first-order valence-electron chi connectivity index (χ1n) is 8.64. The molecule has 22 heavy (non-hydrogen) atoms. The van der Waals surface area contributed by atoms with E-state index in [1.807, 2.05) is 0 Å². The number of rotatable bonds is 2. The molecule has 0 N–H and O–H groups in total. The van der Waals surface area contributed by atoms with E-state index in [0.29, 0.717) is 0 Å². The SMILES string of the molecule is CCC1CC2C=C(C)C=C(c3cccc4ccccc34)C2C1. The van der Waals surface area contributed by atoms with E-state index < -0.39 is 0 Å². The maximum atomic E-state index is 2.52. The molecule has 0 amide bonds. The van der Waals surface area contributed by atoms with Crippen LogP contribution in [0.25, 0.3) is 16.3 Å². The molecular weight excluding hydrogens is 264 g/mol. The molecular formula is C22H24. The Labute approximate surface area is 133 Å². The van der Waals surface area contributed by atoms with Gasteiger partial charge in [0.25, 0.3) is 0 Å². The van der Waals surface area contributed by atoms with Crippen LogP contribution in [0.5, 0.6) is 0 Å². The molecule has 2 aliphatic rings. The van der Waals surface area contributed by atoms with E-state index >= 15 is 0 Å². The van der Waals surface area contributed by atoms with Crippen LogP contribution in [0.3, 0.4) is 0 Å². The first kappa shape index (κ1) is 13.8. The third kappa shape index (κ3) is 2.22. The molecule has 112 valence electrons. The molecule has 3 unspecified atom stereocenters. The van der Waals surface area contributed by atoms with Gasteiger partial charge in [0.15, 0.2) is 0 Å². The fraction of sp³-hybridized carbons (Fsp3) is 0.364. The van der Waals surface area contributed by atoms with Crippen molar-refractivity contribution in [3.05, 3.63) is 65.8 Å². The van der Waals surface area contributed by atoms with Crippen LogP contribution < -0.4 is 0 Å². The molecule has 1 fully saturated rings. The van der Waals surface area contributed by atoms with E-state index in [0.717, 1.165) is 17.8 Å². The van der Waals surface area contributed by atoms with E-state index in [1.54, 1.807) is 5.57 Å². The first-order valence-corrected chi connectivity index (χ1v) is 8.64. The van der Waals surface area contributed by atoms with E-state index in [9.17, 15) is 0 Å². The molecule has 1 saturated carbocycles. The summed E-state index contributed by atoms with van der Waals surface area (Å²) >= 11 is 0. The van der Waals surface area contributed by atoms with Crippen LogP contribution in [-0.4, -0.2) is 0 Å². The van der Waals surface area contributed by atoms with Gasteiger partial charge in [0.2, 0.25) is 0 Å². The van der Waals surface area contributed by atoms with E-state index in [2.05, 4.69) is 68.5 Å². The quantitative estimate of drug-likeness (QED) is 0.614. The van der Waals surface area contributed by atoms with Crippen LogP contribution in [0.1, 0.15) is 38.7 Å². The molecule has 0 bridgehead atoms. The lowest BCUT2D eigenvalue weighted by atomic mass is 9.78. The summed E-state index contributed by atoms with van der Waals surface area (Å²) in [4.78, 5) is 0. The molecule has 0 aliphatic heterocycles. The lowest BCUT2D eigenvalue weighted by Crippen LogP contribution is -2.12. The molecule has 2 aromatic rings. The van der Waals surface area contributed by atoms with Crippen LogP contribution in [0.2, 0.25) is 0 Å². The molecule has 0 nitrogen and oxygen atoms in total. The van der Waals surface area contributed by atoms with Gasteiger partial charge in [-0.15, -0.1) is 0 Å². The highest BCUT2D eigenvalue weighted by atomic mass is 14.4. The van der Waals surface area contributed by atoms with Crippen molar-refractivity contribution in [3.8, 4) is 0 Å². The summed E-state index contributed by atoms with van der Waals surface area (Å²) < 4.78 is 0. The molecule has 0 radical (unpaired) electrons. The molecule has 0 aromatic heterocycles. The number of fused-ring (bicyclic) bond motifs is 2. The predicted molar refractivity (Wildman–Crippen MR) is 95.7 cm³/mol. The summed E-state index contributed by atoms with van der Waals surface area (Å²) in [6, 6.07) is 15.6. The van der Waals surface area contributed by atoms with Crippen molar-refractivity contribution in [1.29, 1.82) is 0 Å². The normalized spacial score (nSPS) is 27.5. The topological polar surface area (TPSA) is 0 Å². The van der Waals surface area contributed by atoms with Crippen molar-refractivity contribution in [2.75, 3.05) is 0 Å². The van der Waals surface area contributed by atoms with Crippen LogP contribution in [0, 0.1) is 17.8 Å². The molecule has 2 aliphatic carbocycles. The molecule has 0 heteroatoms. The molecule has 4 rings (SSSR count). The molecule has 3 atom stereocenters. The number of benzene rings is 2. The van der Waals surface area contributed by atoms with Gasteiger partial charge in [0.05, 0.1) is 0 Å². The highest BCUT2D eigenvalue weighted by molar-refractivity contribution is 5.95. The van der Waals surface area contributed by atoms with Gasteiger partial charge in [-0.05, 0) is 59.4 Å². The minimum Gasteiger partial charge on any atom is -0.0779 e. The smallest absolute Gasteiger partial charge is 0.00898 e. The van der Waals surface area contributed by atoms with Crippen LogP contribution in [-0.2, 0) is 0 Å². The Morgan fingerprint density at radius 2 is 1.82 bits per heavy atom. The second-order valence-corrected chi connectivity index (χ2v) is 7.05. The second-order valence-electron chi connectivity index (χ2n) is 7.05. The zero-order valence-corrected chi connectivity index (χ0v) is 13.5. The summed E-state index contributed by atoms with van der Waals surface area (Å²) in [5.41, 5.74) is 4.48. The third-order valence-corrected chi connectivity index (χ3v) is 5.65. The zero-order valence-electron chi connectivity index (χ0n) is 13.5. The van der Waals surface area contributed by atoms with Gasteiger partial charge in [-0.3, -0.25) is 0 Å². The summed E-state index contributed by atoms with van der Waals surface area (Å²) in [5, 5.41) is 2.76. The third-order valence-electron chi connectivity index (χ3n) is 5.65. The lowest BCUT2D eigenvalue weighted by molar-refractivity contribution is 0.514. The minimum atomic E-state index is 0.722. The lowest BCUT2D eigenvalue weighted by Gasteiger charge is -2.26. The Morgan fingerprint density at radius 1 is 1.00 bits per heavy atom. The predicted octanol–water partition coefficient (Wildman–Crippen LogP) is 6.24. The van der Waals surface area contributed by atoms with E-state index in [-0.39, 0.29) is 0 Å². The number of hydrogen-bond donors (Lipinski definition) is 0. The van der Waals surface area contributed by atoms with Gasteiger partial charge in [0, 0.05) is 0 Å². The van der Waals surface area contributed by atoms with E-state index in [4.69, 9.17) is 0 Å². The van der Waals surface area contributed by atoms with Crippen LogP contribution in [0.15, 0.2) is 60.2 Å². The highest BCUT2D eigenvalue weighted by Crippen LogP contribution is 2.49. The number of allylic oxidation sites excluding steroid dienone is 4. The average molecular weight is 288 g/mol. The molecule has 0 heterocycles. The monoisotopic (exact) mass is 288 g/mol. The van der Waals surface area contributed by atoms with Crippen molar-refractivity contribution >= 4 is 16.3 Å². The minimum absolute atomic E-state index is 0.722. The largest absolute Gasteiger partial charge is 0.0779 e. The van der Waals surface area contributed by atoms with Crippen LogP contribution >= 0.6 is 0 Å². The van der Waals surface area contributed by atoms with Gasteiger partial charge >= 0.3 is 0 Å². The second kappa shape index (κ2) is 5.43. The Balaban J connectivity index is 1.85. The Morgan fingerprint density at radius 3 is 2.68 bits per heavy atom. The van der Waals surface area contributed by atoms with Crippen molar-refractivity contribution in [2.24, 2.45) is 17.8 Å². The van der Waals surface area contributed by atoms with Crippen molar-refractivity contribution in [2.45, 2.75) is 33.1 Å². The van der Waals surface area contributed by atoms with Crippen LogP contribution in [0.4, 0.5) is 0 Å². The fourth-order valence-corrected chi connectivity index (χ4v) is 4.55. The molecule has 0 spiro atoms. The standard InChI is InChI=1S/C22H24/c1-3-16-13-18-11-15(2)12-22(21(18)14-16)20-10-6-8-17-7-4-5-9-19(17)20/h4-12,16,18,21H,3,13-14H2,1-2H3. The summed E-state index contributed by atoms with van der Waals surface area (Å²) in [7, 11) is 0. The number of hydrogen-bond acceptors (Lipinski definition) is 0. The van der Waals surface area contributed by atoms with Gasteiger partial charge < -0.3 is 0 Å². The highest BCUT2D eigenvalue weighted by Gasteiger charge is 2.36. The fourth-order valence-electron chi connectivity index (χ4n) is 4.55. The van der Waals surface area contributed by atoms with E-state index in [1.165, 1.54) is 41.2 Å². The van der Waals surface area contributed by atoms with Gasteiger partial charge in [-0.2, -0.15) is 0 Å². The van der Waals surface area contributed by atoms with Gasteiger partial charge in [-0.1, -0.05) is 73.5 Å². The zero-order chi connectivity index (χ0) is 15.1. The van der Waals surface area contributed by atoms with Gasteiger partial charge in [-0.25, -0.2) is 0 Å². The maximum absolute atomic E-state index is 2.52.